The van der Waals surface area contributed by atoms with Crippen LogP contribution in [-0.2, 0) is 54.4 Å². The van der Waals surface area contributed by atoms with Gasteiger partial charge in [0.15, 0.2) is 0 Å². The number of benzene rings is 2. The predicted octanol–water partition coefficient (Wildman–Crippen LogP) is 3.81. The van der Waals surface area contributed by atoms with E-state index >= 15 is 0 Å². The lowest BCUT2D eigenvalue weighted by Crippen LogP contribution is -2.44. The van der Waals surface area contributed by atoms with Gasteiger partial charge in [-0.1, -0.05) is 140 Å². The van der Waals surface area contributed by atoms with E-state index in [1.165, 1.54) is 88.5 Å². The van der Waals surface area contributed by atoms with Gasteiger partial charge in [0.05, 0.1) is 32.7 Å². The van der Waals surface area contributed by atoms with Crippen LogP contribution in [0.15, 0.2) is 54.6 Å². The minimum Gasteiger partial charge on any atom is -0.460 e. The lowest BCUT2D eigenvalue weighted by molar-refractivity contribution is -0.145. The third-order valence-corrected chi connectivity index (χ3v) is 10.6. The first kappa shape index (κ1) is 58.8. The van der Waals surface area contributed by atoms with Gasteiger partial charge in [0, 0.05) is 24.3 Å². The van der Waals surface area contributed by atoms with Gasteiger partial charge in [0.1, 0.15) is 26.4 Å². The molecule has 19 heteroatoms. The zero-order valence-electron chi connectivity index (χ0n) is 40.7. The average molecular weight is 965 g/mol. The molecule has 382 valence electrons. The highest BCUT2D eigenvalue weighted by molar-refractivity contribution is 6.00. The molecule has 0 saturated carbocycles. The van der Waals surface area contributed by atoms with Crippen LogP contribution in [0.25, 0.3) is 0 Å². The molecule has 0 radical (unpaired) electrons. The van der Waals surface area contributed by atoms with Gasteiger partial charge in [-0.25, -0.2) is 0 Å². The summed E-state index contributed by atoms with van der Waals surface area (Å²) in [6.45, 7) is 2.45. The van der Waals surface area contributed by atoms with Crippen molar-refractivity contribution in [2.24, 2.45) is 0 Å². The van der Waals surface area contributed by atoms with Crippen molar-refractivity contribution in [3.8, 4) is 0 Å². The molecule has 0 aromatic heterocycles. The number of nitrogens with zero attached hydrogens (tertiary/aromatic N) is 1. The minimum atomic E-state index is -0.680. The molecule has 0 bridgehead atoms. The molecule has 0 unspecified atom stereocenters. The average Bonchev–Trinajstić information content (AvgIpc) is 3.35. The molecular formula is C50H76N8O11. The van der Waals surface area contributed by atoms with Crippen LogP contribution in [0, 0.1) is 0 Å². The van der Waals surface area contributed by atoms with Crippen molar-refractivity contribution in [3.05, 3.63) is 65.7 Å². The molecule has 0 spiro atoms. The molecule has 2 aromatic carbocycles. The summed E-state index contributed by atoms with van der Waals surface area (Å²) in [5.41, 5.74) is 1.11. The van der Waals surface area contributed by atoms with Crippen LogP contribution >= 0.6 is 0 Å². The molecule has 2 aromatic rings. The number of amides is 8. The van der Waals surface area contributed by atoms with Crippen molar-refractivity contribution in [1.82, 2.24) is 36.8 Å². The minimum absolute atomic E-state index is 0.0519. The molecule has 2 rings (SSSR count). The summed E-state index contributed by atoms with van der Waals surface area (Å²) in [5.74, 6) is -5.35. The molecule has 0 fully saturated rings. The first-order valence-electron chi connectivity index (χ1n) is 24.5. The number of anilines is 1. The van der Waals surface area contributed by atoms with Gasteiger partial charge >= 0.3 is 5.97 Å². The number of carbonyl (C=O) groups excluding carboxylic acids is 9. The third kappa shape index (κ3) is 30.6. The fourth-order valence-electron chi connectivity index (χ4n) is 6.74. The molecule has 0 heterocycles. The largest absolute Gasteiger partial charge is 0.460 e. The Balaban J connectivity index is 1.61. The molecule has 0 aliphatic rings. The molecule has 19 nitrogen and oxygen atoms in total. The van der Waals surface area contributed by atoms with Crippen LogP contribution in [0.3, 0.4) is 0 Å². The van der Waals surface area contributed by atoms with Crippen LogP contribution in [0.4, 0.5) is 5.69 Å². The Bertz CT molecular complexity index is 1860. The van der Waals surface area contributed by atoms with E-state index < -0.39 is 86.7 Å². The second-order valence-electron chi connectivity index (χ2n) is 16.7. The summed E-state index contributed by atoms with van der Waals surface area (Å²) >= 11 is 0. The lowest BCUT2D eigenvalue weighted by Gasteiger charge is -2.23. The van der Waals surface area contributed by atoms with Gasteiger partial charge in [-0.3, -0.25) is 43.2 Å². The van der Waals surface area contributed by atoms with Crippen molar-refractivity contribution in [2.75, 3.05) is 70.9 Å². The fourth-order valence-corrected chi connectivity index (χ4v) is 6.74. The third-order valence-electron chi connectivity index (χ3n) is 10.6. The van der Waals surface area contributed by atoms with Gasteiger partial charge in [-0.05, 0) is 36.6 Å². The first-order valence-corrected chi connectivity index (χ1v) is 24.5. The van der Waals surface area contributed by atoms with Crippen molar-refractivity contribution in [3.63, 3.8) is 0 Å². The Kier molecular flexibility index (Phi) is 32.0. The van der Waals surface area contributed by atoms with Crippen LogP contribution in [-0.4, -0.2) is 124 Å². The number of hydrogen-bond donors (Lipinski definition) is 7. The maximum atomic E-state index is 13.1. The van der Waals surface area contributed by atoms with E-state index in [-0.39, 0.29) is 36.9 Å². The van der Waals surface area contributed by atoms with Crippen molar-refractivity contribution >= 4 is 58.9 Å². The zero-order chi connectivity index (χ0) is 50.3. The molecule has 0 atom stereocenters. The smallest absolute Gasteiger partial charge is 0.325 e. The summed E-state index contributed by atoms with van der Waals surface area (Å²) < 4.78 is 10.5. The van der Waals surface area contributed by atoms with Crippen molar-refractivity contribution in [2.45, 2.75) is 123 Å². The monoisotopic (exact) mass is 965 g/mol. The van der Waals surface area contributed by atoms with Gasteiger partial charge in [-0.2, -0.15) is 0 Å². The van der Waals surface area contributed by atoms with Crippen molar-refractivity contribution in [1.29, 1.82) is 0 Å². The normalized spacial score (nSPS) is 10.6. The molecule has 69 heavy (non-hydrogen) atoms. The topological polar surface area (TPSA) is 260 Å². The van der Waals surface area contributed by atoms with Crippen LogP contribution < -0.4 is 37.2 Å². The number of rotatable bonds is 38. The maximum absolute atomic E-state index is 13.1. The van der Waals surface area contributed by atoms with Gasteiger partial charge in [0.25, 0.3) is 5.91 Å². The molecular weight excluding hydrogens is 889 g/mol. The number of hydrogen-bond acceptors (Lipinski definition) is 11. The van der Waals surface area contributed by atoms with Gasteiger partial charge in [0.2, 0.25) is 41.4 Å². The van der Waals surface area contributed by atoms with E-state index in [2.05, 4.69) is 51.1 Å². The number of ether oxygens (including phenoxy) is 2. The number of unbranched alkanes of at least 4 members (excludes halogenated alkanes) is 14. The van der Waals surface area contributed by atoms with Crippen molar-refractivity contribution < 1.29 is 52.6 Å². The fraction of sp³-hybridized carbons (Fsp3) is 0.580. The SMILES string of the molecule is CCCCCCCCCCN(CCCCCCCCCC)C(=O)COCC(=O)NCC(=O)NCC(=O)NCC(=O)Nc1cccc(C(=O)NCC(=O)NCC(=O)NCC(=O)OCc2ccccc2)c1. The highest BCUT2D eigenvalue weighted by atomic mass is 16.5. The molecule has 0 aliphatic heterocycles. The molecule has 8 amide bonds. The second kappa shape index (κ2) is 37.6. The predicted molar refractivity (Wildman–Crippen MR) is 261 cm³/mol. The van der Waals surface area contributed by atoms with Gasteiger partial charge < -0.3 is 51.6 Å². The summed E-state index contributed by atoms with van der Waals surface area (Å²) in [6.07, 6.45) is 18.7. The number of nitrogens with one attached hydrogen (secondary N) is 7. The van der Waals surface area contributed by atoms with Crippen LogP contribution in [0.5, 0.6) is 0 Å². The lowest BCUT2D eigenvalue weighted by atomic mass is 10.1. The van der Waals surface area contributed by atoms with E-state index in [0.717, 1.165) is 44.1 Å². The molecule has 0 aliphatic carbocycles. The maximum Gasteiger partial charge on any atom is 0.325 e. The highest BCUT2D eigenvalue weighted by Crippen LogP contribution is 2.13. The quantitative estimate of drug-likeness (QED) is 0.0376. The van der Waals surface area contributed by atoms with E-state index in [4.69, 9.17) is 9.47 Å². The van der Waals surface area contributed by atoms with E-state index in [0.29, 0.717) is 13.1 Å². The molecule has 0 saturated heterocycles. The summed E-state index contributed by atoms with van der Waals surface area (Å²) in [4.78, 5) is 113. The Morgan fingerprint density at radius 2 is 0.928 bits per heavy atom. The number of esters is 1. The summed E-state index contributed by atoms with van der Waals surface area (Å²) in [6, 6.07) is 14.8. The van der Waals surface area contributed by atoms with E-state index in [9.17, 15) is 43.2 Å². The number of carbonyl (C=O) groups is 9. The second-order valence-corrected chi connectivity index (χ2v) is 16.7. The first-order chi connectivity index (χ1) is 33.4. The van der Waals surface area contributed by atoms with E-state index in [1.807, 2.05) is 11.0 Å². The van der Waals surface area contributed by atoms with Gasteiger partial charge in [-0.15, -0.1) is 0 Å². The molecule has 7 N–H and O–H groups in total. The Hall–Kier alpha value is -6.37. The zero-order valence-corrected chi connectivity index (χ0v) is 40.7. The van der Waals surface area contributed by atoms with E-state index in [1.54, 1.807) is 24.3 Å². The summed E-state index contributed by atoms with van der Waals surface area (Å²) in [5, 5.41) is 16.7. The Labute approximate surface area is 407 Å². The standard InChI is InChI=1S/C50H76N8O11/c1-3-5-7-9-11-13-15-20-27-58(28-21-16-14-12-10-8-6-4-2)48(65)38-68-37-47(64)54-32-43(60)51-30-42(59)53-34-46(63)57-41-26-22-25-40(29-41)50(67)56-33-45(62)52-31-44(61)55-35-49(66)69-36-39-23-18-17-19-24-39/h17-19,22-26,29H,3-16,20-21,27-28,30-38H2,1-2H3,(H,51,60)(H,52,62)(H,53,59)(H,54,64)(H,55,61)(H,56,67)(H,57,63). The van der Waals surface area contributed by atoms with Crippen LogP contribution in [0.1, 0.15) is 133 Å². The summed E-state index contributed by atoms with van der Waals surface area (Å²) in [7, 11) is 0. The Morgan fingerprint density at radius 3 is 1.46 bits per heavy atom. The Morgan fingerprint density at radius 1 is 0.464 bits per heavy atom. The highest BCUT2D eigenvalue weighted by Gasteiger charge is 2.16. The van der Waals surface area contributed by atoms with Crippen LogP contribution in [0.2, 0.25) is 0 Å².